The molecule has 0 saturated carbocycles. The number of aliphatic hydroxyl groups is 1. The molecule has 0 aromatic heterocycles. The van der Waals surface area contributed by atoms with Crippen molar-refractivity contribution in [3.63, 3.8) is 0 Å². The Hall–Kier alpha value is -0.940. The van der Waals surface area contributed by atoms with Crippen molar-refractivity contribution in [2.24, 2.45) is 0 Å². The Morgan fingerprint density at radius 2 is 2.23 bits per heavy atom. The van der Waals surface area contributed by atoms with Gasteiger partial charge in [0.05, 0.1) is 4.92 Å². The minimum Gasteiger partial charge on any atom is -0.396 e. The molecule has 0 radical (unpaired) electrons. The summed E-state index contributed by atoms with van der Waals surface area (Å²) in [6, 6.07) is 4.68. The van der Waals surface area contributed by atoms with Gasteiger partial charge >= 0.3 is 0 Å². The molecule has 0 amide bonds. The summed E-state index contributed by atoms with van der Waals surface area (Å²) < 4.78 is 0.779. The molecule has 1 N–H and O–H groups in total. The predicted molar refractivity (Wildman–Crippen MR) is 51.6 cm³/mol. The van der Waals surface area contributed by atoms with Gasteiger partial charge in [0.2, 0.25) is 0 Å². The summed E-state index contributed by atoms with van der Waals surface area (Å²) in [7, 11) is 0. The first-order valence-electron chi connectivity index (χ1n) is 3.69. The normalized spacial score (nSPS) is 10.0. The number of rotatable bonds is 3. The number of nitro benzene ring substituents is 1. The molecule has 1 aromatic carbocycles. The van der Waals surface area contributed by atoms with Gasteiger partial charge in [-0.2, -0.15) is 0 Å². The van der Waals surface area contributed by atoms with Crippen molar-refractivity contribution in [2.75, 3.05) is 6.61 Å². The van der Waals surface area contributed by atoms with Crippen molar-refractivity contribution in [2.45, 2.75) is 6.42 Å². The second-order valence-corrected chi connectivity index (χ2v) is 3.42. The molecule has 0 fully saturated rings. The third kappa shape index (κ3) is 2.50. The lowest BCUT2D eigenvalue weighted by Crippen LogP contribution is -1.97. The second kappa shape index (κ2) is 4.34. The molecule has 13 heavy (non-hydrogen) atoms. The maximum Gasteiger partial charge on any atom is 0.272 e. The summed E-state index contributed by atoms with van der Waals surface area (Å²) in [5.41, 5.74) is 0.596. The van der Waals surface area contributed by atoms with Crippen molar-refractivity contribution < 1.29 is 10.0 Å². The van der Waals surface area contributed by atoms with Crippen LogP contribution in [0.1, 0.15) is 5.56 Å². The molecule has 5 heteroatoms. The Balaban J connectivity index is 3.10. The maximum absolute atomic E-state index is 10.5. The quantitative estimate of drug-likeness (QED) is 0.654. The van der Waals surface area contributed by atoms with Gasteiger partial charge in [-0.05, 0) is 12.1 Å². The van der Waals surface area contributed by atoms with E-state index in [2.05, 4.69) is 15.9 Å². The highest BCUT2D eigenvalue weighted by atomic mass is 79.9. The topological polar surface area (TPSA) is 63.4 Å². The third-order valence-corrected chi connectivity index (χ3v) is 2.11. The number of nitrogens with zero attached hydrogens (tertiary/aromatic N) is 1. The van der Waals surface area contributed by atoms with Crippen LogP contribution in [-0.2, 0) is 6.42 Å². The number of halogens is 1. The van der Waals surface area contributed by atoms with Gasteiger partial charge in [0.25, 0.3) is 5.69 Å². The first-order chi connectivity index (χ1) is 6.15. The van der Waals surface area contributed by atoms with E-state index in [9.17, 15) is 10.1 Å². The highest BCUT2D eigenvalue weighted by Gasteiger charge is 2.12. The van der Waals surface area contributed by atoms with Crippen LogP contribution in [0.3, 0.4) is 0 Å². The molecule has 70 valence electrons. The van der Waals surface area contributed by atoms with Crippen LogP contribution in [0.25, 0.3) is 0 Å². The Bertz CT molecular complexity index is 327. The Morgan fingerprint density at radius 1 is 1.54 bits per heavy atom. The number of hydrogen-bond donors (Lipinski definition) is 1. The summed E-state index contributed by atoms with van der Waals surface area (Å²) in [6.45, 7) is -0.0860. The van der Waals surface area contributed by atoms with Crippen molar-refractivity contribution in [1.29, 1.82) is 0 Å². The summed E-state index contributed by atoms with van der Waals surface area (Å²) in [4.78, 5) is 10.1. The molecule has 0 aliphatic rings. The van der Waals surface area contributed by atoms with E-state index < -0.39 is 4.92 Å². The smallest absolute Gasteiger partial charge is 0.272 e. The second-order valence-electron chi connectivity index (χ2n) is 2.50. The maximum atomic E-state index is 10.5. The summed E-state index contributed by atoms with van der Waals surface area (Å²) in [5.74, 6) is 0. The predicted octanol–water partition coefficient (Wildman–Crippen LogP) is 1.89. The van der Waals surface area contributed by atoms with Gasteiger partial charge in [0.15, 0.2) is 0 Å². The van der Waals surface area contributed by atoms with Gasteiger partial charge < -0.3 is 5.11 Å². The SMILES string of the molecule is O=[N+]([O-])c1ccc(Br)cc1CCO. The van der Waals surface area contributed by atoms with Gasteiger partial charge in [-0.15, -0.1) is 0 Å². The fourth-order valence-electron chi connectivity index (χ4n) is 1.05. The van der Waals surface area contributed by atoms with Gasteiger partial charge in [0.1, 0.15) is 0 Å². The van der Waals surface area contributed by atoms with Crippen LogP contribution < -0.4 is 0 Å². The van der Waals surface area contributed by atoms with Gasteiger partial charge in [-0.1, -0.05) is 15.9 Å². The van der Waals surface area contributed by atoms with Crippen molar-refractivity contribution in [3.8, 4) is 0 Å². The van der Waals surface area contributed by atoms with Crippen LogP contribution in [0.5, 0.6) is 0 Å². The van der Waals surface area contributed by atoms with E-state index in [4.69, 9.17) is 5.11 Å². The van der Waals surface area contributed by atoms with E-state index in [-0.39, 0.29) is 12.3 Å². The zero-order valence-corrected chi connectivity index (χ0v) is 8.32. The molecule has 4 nitrogen and oxygen atoms in total. The number of hydrogen-bond acceptors (Lipinski definition) is 3. The number of nitro groups is 1. The zero-order chi connectivity index (χ0) is 9.84. The van der Waals surface area contributed by atoms with E-state index >= 15 is 0 Å². The summed E-state index contributed by atoms with van der Waals surface area (Å²) >= 11 is 3.21. The highest BCUT2D eigenvalue weighted by Crippen LogP contribution is 2.23. The van der Waals surface area contributed by atoms with Crippen LogP contribution >= 0.6 is 15.9 Å². The van der Waals surface area contributed by atoms with Gasteiger partial charge in [-0.3, -0.25) is 10.1 Å². The molecular formula is C8H8BrNO3. The molecule has 0 spiro atoms. The van der Waals surface area contributed by atoms with E-state index in [1.54, 1.807) is 12.1 Å². The molecule has 0 heterocycles. The standard InChI is InChI=1S/C8H8BrNO3/c9-7-1-2-8(10(12)13)6(5-7)3-4-11/h1-2,5,11H,3-4H2. The lowest BCUT2D eigenvalue weighted by molar-refractivity contribution is -0.385. The molecule has 0 saturated heterocycles. The van der Waals surface area contributed by atoms with E-state index in [1.807, 2.05) is 0 Å². The van der Waals surface area contributed by atoms with Crippen LogP contribution in [0.4, 0.5) is 5.69 Å². The van der Waals surface area contributed by atoms with Crippen molar-refractivity contribution in [1.82, 2.24) is 0 Å². The first-order valence-corrected chi connectivity index (χ1v) is 4.48. The van der Waals surface area contributed by atoms with Gasteiger partial charge in [0, 0.05) is 29.1 Å². The Labute approximate surface area is 83.5 Å². The molecule has 0 bridgehead atoms. The van der Waals surface area contributed by atoms with Crippen molar-refractivity contribution >= 4 is 21.6 Å². The molecule has 0 aliphatic carbocycles. The van der Waals surface area contributed by atoms with Crippen LogP contribution in [0, 0.1) is 10.1 Å². The van der Waals surface area contributed by atoms with E-state index in [0.717, 1.165) is 4.47 Å². The average molecular weight is 246 g/mol. The zero-order valence-electron chi connectivity index (χ0n) is 6.74. The minimum atomic E-state index is -0.447. The molecular weight excluding hydrogens is 238 g/mol. The summed E-state index contributed by atoms with van der Waals surface area (Å²) in [6.07, 6.45) is 0.301. The fourth-order valence-corrected chi connectivity index (χ4v) is 1.46. The third-order valence-electron chi connectivity index (χ3n) is 1.62. The Kier molecular flexibility index (Phi) is 3.39. The van der Waals surface area contributed by atoms with Crippen LogP contribution in [0.15, 0.2) is 22.7 Å². The van der Waals surface area contributed by atoms with Crippen LogP contribution in [-0.4, -0.2) is 16.6 Å². The lowest BCUT2D eigenvalue weighted by Gasteiger charge is -2.00. The average Bonchev–Trinajstić information content (AvgIpc) is 2.04. The van der Waals surface area contributed by atoms with E-state index in [1.165, 1.54) is 6.07 Å². The highest BCUT2D eigenvalue weighted by molar-refractivity contribution is 9.10. The Morgan fingerprint density at radius 3 is 2.77 bits per heavy atom. The molecule has 0 unspecified atom stereocenters. The number of aliphatic hydroxyl groups excluding tert-OH is 1. The van der Waals surface area contributed by atoms with Crippen LogP contribution in [0.2, 0.25) is 0 Å². The largest absolute Gasteiger partial charge is 0.396 e. The minimum absolute atomic E-state index is 0.0530. The lowest BCUT2D eigenvalue weighted by atomic mass is 10.1. The number of benzene rings is 1. The summed E-state index contributed by atoms with van der Waals surface area (Å²) in [5, 5.41) is 19.2. The molecule has 1 rings (SSSR count). The first kappa shape index (κ1) is 10.1. The monoisotopic (exact) mass is 245 g/mol. The fraction of sp³-hybridized carbons (Fsp3) is 0.250. The van der Waals surface area contributed by atoms with Gasteiger partial charge in [-0.25, -0.2) is 0 Å². The van der Waals surface area contributed by atoms with Crippen molar-refractivity contribution in [3.05, 3.63) is 38.3 Å². The molecule has 0 atom stereocenters. The molecule has 1 aromatic rings. The van der Waals surface area contributed by atoms with E-state index in [0.29, 0.717) is 12.0 Å². The molecule has 0 aliphatic heterocycles.